The van der Waals surface area contributed by atoms with Crippen LogP contribution in [-0.4, -0.2) is 41.0 Å². The highest BCUT2D eigenvalue weighted by molar-refractivity contribution is 5.85. The molecular formula is C14H24Cl2N4. The summed E-state index contributed by atoms with van der Waals surface area (Å²) in [5.74, 6) is 0. The molecule has 6 heteroatoms. The van der Waals surface area contributed by atoms with Crippen LogP contribution in [-0.2, 0) is 6.54 Å². The largest absolute Gasteiger partial charge is 0.317 e. The molecule has 2 aliphatic heterocycles. The summed E-state index contributed by atoms with van der Waals surface area (Å²) in [6.45, 7) is 7.79. The lowest BCUT2D eigenvalue weighted by molar-refractivity contribution is 0.193. The minimum Gasteiger partial charge on any atom is -0.317 e. The molecule has 1 N–H and O–H groups in total. The Bertz CT molecular complexity index is 404. The number of rotatable bonds is 2. The number of nitrogens with zero attached hydrogens (tertiary/aromatic N) is 3. The van der Waals surface area contributed by atoms with Crippen LogP contribution < -0.4 is 5.32 Å². The third-order valence-electron chi connectivity index (χ3n) is 4.40. The smallest absolute Gasteiger partial charge is 0.0727 e. The Morgan fingerprint density at radius 2 is 1.90 bits per heavy atom. The number of aromatic nitrogens is 2. The monoisotopic (exact) mass is 318 g/mol. The lowest BCUT2D eigenvalue weighted by Gasteiger charge is -2.33. The van der Waals surface area contributed by atoms with Crippen LogP contribution in [0.25, 0.3) is 0 Å². The van der Waals surface area contributed by atoms with E-state index in [1.165, 1.54) is 45.4 Å². The predicted molar refractivity (Wildman–Crippen MR) is 85.7 cm³/mol. The lowest BCUT2D eigenvalue weighted by Crippen LogP contribution is -2.38. The zero-order valence-electron chi connectivity index (χ0n) is 12.0. The Kier molecular flexibility index (Phi) is 6.65. The first-order chi connectivity index (χ1) is 8.76. The Balaban J connectivity index is 0.000001000. The normalized spacial score (nSPS) is 21.2. The number of piperidine rings is 1. The van der Waals surface area contributed by atoms with E-state index in [0.717, 1.165) is 17.9 Å². The molecule has 0 aromatic carbocycles. The van der Waals surface area contributed by atoms with Gasteiger partial charge in [0.1, 0.15) is 0 Å². The van der Waals surface area contributed by atoms with Crippen LogP contribution >= 0.6 is 24.8 Å². The standard InChI is InChI=1S/C14H22N4.2ClH/c1-12-8-17-13(9-16-12)10-18-7-4-14(11-18)2-5-15-6-3-14;;/h8-9,15H,2-7,10-11H2,1H3;2*1H. The van der Waals surface area contributed by atoms with Crippen molar-refractivity contribution in [2.45, 2.75) is 32.7 Å². The zero-order chi connectivity index (χ0) is 12.4. The zero-order valence-corrected chi connectivity index (χ0v) is 13.6. The van der Waals surface area contributed by atoms with E-state index in [2.05, 4.69) is 20.2 Å². The molecular weight excluding hydrogens is 295 g/mol. The molecule has 4 nitrogen and oxygen atoms in total. The van der Waals surface area contributed by atoms with Gasteiger partial charge in [-0.15, -0.1) is 24.8 Å². The average molecular weight is 319 g/mol. The molecule has 3 heterocycles. The Hall–Kier alpha value is -0.420. The van der Waals surface area contributed by atoms with E-state index in [4.69, 9.17) is 0 Å². The molecule has 2 fully saturated rings. The molecule has 0 saturated carbocycles. The number of halogens is 2. The highest BCUT2D eigenvalue weighted by Crippen LogP contribution is 2.38. The maximum Gasteiger partial charge on any atom is 0.0727 e. The van der Waals surface area contributed by atoms with Crippen LogP contribution in [0.5, 0.6) is 0 Å². The summed E-state index contributed by atoms with van der Waals surface area (Å²) in [7, 11) is 0. The van der Waals surface area contributed by atoms with Gasteiger partial charge in [-0.25, -0.2) is 0 Å². The fraction of sp³-hybridized carbons (Fsp3) is 0.714. The molecule has 0 unspecified atom stereocenters. The first-order valence-electron chi connectivity index (χ1n) is 6.96. The van der Waals surface area contributed by atoms with Gasteiger partial charge in [-0.3, -0.25) is 14.9 Å². The molecule has 20 heavy (non-hydrogen) atoms. The summed E-state index contributed by atoms with van der Waals surface area (Å²) in [6, 6.07) is 0. The predicted octanol–water partition coefficient (Wildman–Crippen LogP) is 2.20. The molecule has 1 spiro atoms. The van der Waals surface area contributed by atoms with Gasteiger partial charge >= 0.3 is 0 Å². The Morgan fingerprint density at radius 1 is 1.15 bits per heavy atom. The van der Waals surface area contributed by atoms with Crippen molar-refractivity contribution in [2.75, 3.05) is 26.2 Å². The van der Waals surface area contributed by atoms with E-state index in [9.17, 15) is 0 Å². The highest BCUT2D eigenvalue weighted by atomic mass is 35.5. The second kappa shape index (κ2) is 7.55. The second-order valence-electron chi connectivity index (χ2n) is 5.86. The maximum absolute atomic E-state index is 4.46. The molecule has 3 rings (SSSR count). The minimum absolute atomic E-state index is 0. The fourth-order valence-corrected chi connectivity index (χ4v) is 3.26. The first kappa shape index (κ1) is 17.6. The van der Waals surface area contributed by atoms with Crippen LogP contribution in [0.3, 0.4) is 0 Å². The summed E-state index contributed by atoms with van der Waals surface area (Å²) in [5.41, 5.74) is 2.69. The van der Waals surface area contributed by atoms with Gasteiger partial charge in [0.15, 0.2) is 0 Å². The quantitative estimate of drug-likeness (QED) is 0.907. The van der Waals surface area contributed by atoms with Crippen molar-refractivity contribution in [3.63, 3.8) is 0 Å². The molecule has 2 aliphatic rings. The fourth-order valence-electron chi connectivity index (χ4n) is 3.26. The summed E-state index contributed by atoms with van der Waals surface area (Å²) in [5, 5.41) is 3.47. The first-order valence-corrected chi connectivity index (χ1v) is 6.96. The molecule has 2 saturated heterocycles. The minimum atomic E-state index is 0. The topological polar surface area (TPSA) is 41.1 Å². The molecule has 0 amide bonds. The highest BCUT2D eigenvalue weighted by Gasteiger charge is 2.38. The van der Waals surface area contributed by atoms with Crippen molar-refractivity contribution < 1.29 is 0 Å². The van der Waals surface area contributed by atoms with Gasteiger partial charge in [-0.2, -0.15) is 0 Å². The SMILES string of the molecule is Cc1cnc(CN2CCC3(CCNCC3)C2)cn1.Cl.Cl. The van der Waals surface area contributed by atoms with Crippen LogP contribution in [0.4, 0.5) is 0 Å². The van der Waals surface area contributed by atoms with E-state index >= 15 is 0 Å². The number of aryl methyl sites for hydroxylation is 1. The summed E-state index contributed by atoms with van der Waals surface area (Å²) in [4.78, 5) is 11.3. The molecule has 114 valence electrons. The molecule has 0 atom stereocenters. The van der Waals surface area contributed by atoms with Crippen molar-refractivity contribution in [2.24, 2.45) is 5.41 Å². The summed E-state index contributed by atoms with van der Waals surface area (Å²) >= 11 is 0. The van der Waals surface area contributed by atoms with Crippen molar-refractivity contribution in [3.8, 4) is 0 Å². The van der Waals surface area contributed by atoms with Gasteiger partial charge in [0, 0.05) is 25.5 Å². The van der Waals surface area contributed by atoms with Gasteiger partial charge in [0.25, 0.3) is 0 Å². The van der Waals surface area contributed by atoms with Crippen molar-refractivity contribution in [1.82, 2.24) is 20.2 Å². The third kappa shape index (κ3) is 4.04. The Labute approximate surface area is 133 Å². The Morgan fingerprint density at radius 3 is 2.55 bits per heavy atom. The molecule has 0 bridgehead atoms. The van der Waals surface area contributed by atoms with Crippen LogP contribution in [0.15, 0.2) is 12.4 Å². The van der Waals surface area contributed by atoms with Gasteiger partial charge < -0.3 is 5.32 Å². The molecule has 1 aromatic rings. The van der Waals surface area contributed by atoms with Crippen molar-refractivity contribution >= 4 is 24.8 Å². The van der Waals surface area contributed by atoms with Crippen LogP contribution in [0.1, 0.15) is 30.7 Å². The van der Waals surface area contributed by atoms with E-state index < -0.39 is 0 Å². The van der Waals surface area contributed by atoms with Crippen molar-refractivity contribution in [3.05, 3.63) is 23.8 Å². The van der Waals surface area contributed by atoms with Crippen LogP contribution in [0.2, 0.25) is 0 Å². The second-order valence-corrected chi connectivity index (χ2v) is 5.86. The number of hydrogen-bond donors (Lipinski definition) is 1. The van der Waals surface area contributed by atoms with Gasteiger partial charge in [-0.05, 0) is 51.2 Å². The molecule has 1 aromatic heterocycles. The van der Waals surface area contributed by atoms with Gasteiger partial charge in [-0.1, -0.05) is 0 Å². The summed E-state index contributed by atoms with van der Waals surface area (Å²) in [6.07, 6.45) is 7.81. The summed E-state index contributed by atoms with van der Waals surface area (Å²) < 4.78 is 0. The van der Waals surface area contributed by atoms with E-state index in [-0.39, 0.29) is 24.8 Å². The number of nitrogens with one attached hydrogen (secondary N) is 1. The van der Waals surface area contributed by atoms with E-state index in [1.807, 2.05) is 19.3 Å². The number of hydrogen-bond acceptors (Lipinski definition) is 4. The number of likely N-dealkylation sites (tertiary alicyclic amines) is 1. The van der Waals surface area contributed by atoms with Crippen molar-refractivity contribution in [1.29, 1.82) is 0 Å². The third-order valence-corrected chi connectivity index (χ3v) is 4.40. The van der Waals surface area contributed by atoms with E-state index in [1.54, 1.807) is 0 Å². The maximum atomic E-state index is 4.46. The molecule has 0 radical (unpaired) electrons. The molecule has 0 aliphatic carbocycles. The lowest BCUT2D eigenvalue weighted by atomic mass is 9.78. The van der Waals surface area contributed by atoms with Gasteiger partial charge in [0.05, 0.1) is 11.4 Å². The van der Waals surface area contributed by atoms with Gasteiger partial charge in [0.2, 0.25) is 0 Å². The van der Waals surface area contributed by atoms with E-state index in [0.29, 0.717) is 5.41 Å². The van der Waals surface area contributed by atoms with Crippen LogP contribution in [0, 0.1) is 12.3 Å². The average Bonchev–Trinajstić information content (AvgIpc) is 2.76.